The average Bonchev–Trinajstić information content (AvgIpc) is 2.40. The fraction of sp³-hybridized carbons (Fsp3) is 0.929. The summed E-state index contributed by atoms with van der Waals surface area (Å²) in [4.78, 5) is 12.1. The van der Waals surface area contributed by atoms with Gasteiger partial charge in [-0.05, 0) is 45.1 Å². The Morgan fingerprint density at radius 3 is 2.47 bits per heavy atom. The predicted octanol–water partition coefficient (Wildman–Crippen LogP) is 2.21. The molecule has 1 aliphatic carbocycles. The van der Waals surface area contributed by atoms with Crippen LogP contribution in [0.1, 0.15) is 58.3 Å². The minimum absolute atomic E-state index is 0.0646. The number of piperidine rings is 1. The minimum Gasteiger partial charge on any atom is -0.352 e. The summed E-state index contributed by atoms with van der Waals surface area (Å²) in [5.74, 6) is 0.930. The smallest absolute Gasteiger partial charge is 0.237 e. The summed E-state index contributed by atoms with van der Waals surface area (Å²) in [7, 11) is 0. The average molecular weight is 238 g/mol. The molecule has 3 heteroatoms. The highest BCUT2D eigenvalue weighted by Crippen LogP contribution is 2.26. The molecule has 1 heterocycles. The first kappa shape index (κ1) is 12.9. The summed E-state index contributed by atoms with van der Waals surface area (Å²) in [5.41, 5.74) is 0. The van der Waals surface area contributed by atoms with Crippen LogP contribution in [0.5, 0.6) is 0 Å². The normalized spacial score (nSPS) is 28.6. The molecule has 0 aromatic rings. The molecular weight excluding hydrogens is 212 g/mol. The Morgan fingerprint density at radius 2 is 1.82 bits per heavy atom. The Hall–Kier alpha value is -0.570. The third-order valence-electron chi connectivity index (χ3n) is 4.35. The maximum Gasteiger partial charge on any atom is 0.237 e. The van der Waals surface area contributed by atoms with Crippen LogP contribution in [0.15, 0.2) is 0 Å². The summed E-state index contributed by atoms with van der Waals surface area (Å²) >= 11 is 0. The second-order valence-corrected chi connectivity index (χ2v) is 5.70. The molecule has 1 amide bonds. The molecule has 0 bridgehead atoms. The van der Waals surface area contributed by atoms with Crippen molar-refractivity contribution in [3.63, 3.8) is 0 Å². The van der Waals surface area contributed by atoms with Crippen molar-refractivity contribution in [1.29, 1.82) is 0 Å². The standard InChI is InChI=1S/C14H26N2O/c1-11(12-7-3-2-4-8-12)16-14(17)13-9-5-6-10-15-13/h11-13,15H,2-10H2,1H3,(H,16,17)/t11-,13?/m0/s1. The molecule has 1 saturated heterocycles. The van der Waals surface area contributed by atoms with Crippen molar-refractivity contribution in [3.05, 3.63) is 0 Å². The summed E-state index contributed by atoms with van der Waals surface area (Å²) in [5, 5.41) is 6.53. The summed E-state index contributed by atoms with van der Waals surface area (Å²) < 4.78 is 0. The lowest BCUT2D eigenvalue weighted by Gasteiger charge is -2.30. The fourth-order valence-electron chi connectivity index (χ4n) is 3.15. The number of carbonyl (C=O) groups excluding carboxylic acids is 1. The Balaban J connectivity index is 1.76. The van der Waals surface area contributed by atoms with Crippen molar-refractivity contribution in [2.24, 2.45) is 5.92 Å². The van der Waals surface area contributed by atoms with E-state index in [-0.39, 0.29) is 11.9 Å². The molecule has 2 fully saturated rings. The minimum atomic E-state index is 0.0646. The molecule has 2 N–H and O–H groups in total. The highest BCUT2D eigenvalue weighted by molar-refractivity contribution is 5.82. The van der Waals surface area contributed by atoms with E-state index in [9.17, 15) is 4.79 Å². The van der Waals surface area contributed by atoms with E-state index < -0.39 is 0 Å². The second kappa shape index (κ2) is 6.39. The zero-order valence-corrected chi connectivity index (χ0v) is 11.0. The van der Waals surface area contributed by atoms with Gasteiger partial charge in [-0.15, -0.1) is 0 Å². The van der Waals surface area contributed by atoms with Crippen LogP contribution in [-0.4, -0.2) is 24.5 Å². The molecular formula is C14H26N2O. The van der Waals surface area contributed by atoms with E-state index in [2.05, 4.69) is 17.6 Å². The van der Waals surface area contributed by atoms with Crippen molar-refractivity contribution in [1.82, 2.24) is 10.6 Å². The van der Waals surface area contributed by atoms with Crippen LogP contribution in [0.2, 0.25) is 0 Å². The maximum atomic E-state index is 12.1. The van der Waals surface area contributed by atoms with Gasteiger partial charge < -0.3 is 10.6 Å². The lowest BCUT2D eigenvalue weighted by molar-refractivity contribution is -0.124. The Morgan fingerprint density at radius 1 is 1.12 bits per heavy atom. The third kappa shape index (κ3) is 3.70. The molecule has 0 spiro atoms. The highest BCUT2D eigenvalue weighted by Gasteiger charge is 2.25. The third-order valence-corrected chi connectivity index (χ3v) is 4.35. The first-order chi connectivity index (χ1) is 8.27. The number of amides is 1. The quantitative estimate of drug-likeness (QED) is 0.791. The largest absolute Gasteiger partial charge is 0.352 e. The molecule has 0 aromatic heterocycles. The molecule has 1 aliphatic heterocycles. The first-order valence-corrected chi connectivity index (χ1v) is 7.31. The van der Waals surface area contributed by atoms with Crippen LogP contribution in [0.25, 0.3) is 0 Å². The van der Waals surface area contributed by atoms with Crippen molar-refractivity contribution in [3.8, 4) is 0 Å². The number of rotatable bonds is 3. The number of nitrogens with one attached hydrogen (secondary N) is 2. The van der Waals surface area contributed by atoms with E-state index in [0.717, 1.165) is 13.0 Å². The topological polar surface area (TPSA) is 41.1 Å². The molecule has 2 aliphatic rings. The molecule has 0 aromatic carbocycles. The molecule has 3 nitrogen and oxygen atoms in total. The van der Waals surface area contributed by atoms with Crippen molar-refractivity contribution >= 4 is 5.91 Å². The lowest BCUT2D eigenvalue weighted by atomic mass is 9.84. The van der Waals surface area contributed by atoms with E-state index in [1.165, 1.54) is 44.9 Å². The summed E-state index contributed by atoms with van der Waals surface area (Å²) in [6.07, 6.45) is 10.0. The number of hydrogen-bond donors (Lipinski definition) is 2. The molecule has 2 rings (SSSR count). The molecule has 1 saturated carbocycles. The van der Waals surface area contributed by atoms with Gasteiger partial charge in [-0.25, -0.2) is 0 Å². The number of carbonyl (C=O) groups is 1. The monoisotopic (exact) mass is 238 g/mol. The summed E-state index contributed by atoms with van der Waals surface area (Å²) in [6, 6.07) is 0.418. The van der Waals surface area contributed by atoms with Gasteiger partial charge in [-0.3, -0.25) is 4.79 Å². The second-order valence-electron chi connectivity index (χ2n) is 5.70. The van der Waals surface area contributed by atoms with Gasteiger partial charge in [0, 0.05) is 6.04 Å². The van der Waals surface area contributed by atoms with Gasteiger partial charge in [-0.2, -0.15) is 0 Å². The molecule has 0 radical (unpaired) electrons. The van der Waals surface area contributed by atoms with E-state index in [0.29, 0.717) is 12.0 Å². The predicted molar refractivity (Wildman–Crippen MR) is 69.8 cm³/mol. The van der Waals surface area contributed by atoms with E-state index in [4.69, 9.17) is 0 Å². The summed E-state index contributed by atoms with van der Waals surface area (Å²) in [6.45, 7) is 3.17. The molecule has 1 unspecified atom stereocenters. The van der Waals surface area contributed by atoms with E-state index >= 15 is 0 Å². The van der Waals surface area contributed by atoms with Crippen molar-refractivity contribution in [2.45, 2.75) is 70.4 Å². The van der Waals surface area contributed by atoms with Gasteiger partial charge in [0.1, 0.15) is 0 Å². The Bertz CT molecular complexity index is 243. The molecule has 2 atom stereocenters. The van der Waals surface area contributed by atoms with Gasteiger partial charge >= 0.3 is 0 Å². The van der Waals surface area contributed by atoms with Gasteiger partial charge in [-0.1, -0.05) is 25.7 Å². The Labute approximate surface area is 105 Å². The molecule has 17 heavy (non-hydrogen) atoms. The van der Waals surface area contributed by atoms with E-state index in [1.54, 1.807) is 0 Å². The van der Waals surface area contributed by atoms with Gasteiger partial charge in [0.05, 0.1) is 6.04 Å². The number of hydrogen-bond acceptors (Lipinski definition) is 2. The van der Waals surface area contributed by atoms with E-state index in [1.807, 2.05) is 0 Å². The van der Waals surface area contributed by atoms with Gasteiger partial charge in [0.25, 0.3) is 0 Å². The maximum absolute atomic E-state index is 12.1. The van der Waals surface area contributed by atoms with Crippen molar-refractivity contribution in [2.75, 3.05) is 6.54 Å². The SMILES string of the molecule is C[C@H](NC(=O)C1CCCCN1)C1CCCCC1. The van der Waals surface area contributed by atoms with Crippen LogP contribution < -0.4 is 10.6 Å². The van der Waals surface area contributed by atoms with Crippen LogP contribution in [0.3, 0.4) is 0 Å². The van der Waals surface area contributed by atoms with Gasteiger partial charge in [0.15, 0.2) is 0 Å². The highest BCUT2D eigenvalue weighted by atomic mass is 16.2. The first-order valence-electron chi connectivity index (χ1n) is 7.31. The zero-order chi connectivity index (χ0) is 12.1. The van der Waals surface area contributed by atoms with Crippen LogP contribution in [0, 0.1) is 5.92 Å². The van der Waals surface area contributed by atoms with Crippen LogP contribution in [0.4, 0.5) is 0 Å². The van der Waals surface area contributed by atoms with Crippen LogP contribution >= 0.6 is 0 Å². The fourth-order valence-corrected chi connectivity index (χ4v) is 3.15. The van der Waals surface area contributed by atoms with Gasteiger partial charge in [0.2, 0.25) is 5.91 Å². The van der Waals surface area contributed by atoms with Crippen molar-refractivity contribution < 1.29 is 4.79 Å². The zero-order valence-electron chi connectivity index (χ0n) is 11.0. The molecule has 98 valence electrons. The van der Waals surface area contributed by atoms with Crippen LogP contribution in [-0.2, 0) is 4.79 Å². The lowest BCUT2D eigenvalue weighted by Crippen LogP contribution is -2.50. The Kier molecular flexibility index (Phi) is 4.84.